The second kappa shape index (κ2) is 6.87. The molecular weight excluding hydrogens is 283 g/mol. The number of nitro benzene ring substituents is 1. The number of amides is 1. The first kappa shape index (κ1) is 18.1. The van der Waals surface area contributed by atoms with Gasteiger partial charge in [0.2, 0.25) is 5.91 Å². The predicted molar refractivity (Wildman–Crippen MR) is 78.4 cm³/mol. The van der Waals surface area contributed by atoms with Crippen LogP contribution in [0.25, 0.3) is 0 Å². The van der Waals surface area contributed by atoms with Crippen molar-refractivity contribution in [2.24, 2.45) is 5.41 Å². The third-order valence-corrected chi connectivity index (χ3v) is 3.57. The van der Waals surface area contributed by atoms with Gasteiger partial charge in [-0.05, 0) is 11.8 Å². The van der Waals surface area contributed by atoms with Crippen LogP contribution in [0.15, 0.2) is 24.3 Å². The number of nitro groups is 1. The van der Waals surface area contributed by atoms with Crippen molar-refractivity contribution in [3.05, 3.63) is 39.9 Å². The van der Waals surface area contributed by atoms with E-state index in [9.17, 15) is 20.0 Å². The minimum atomic E-state index is -0.897. The molecule has 1 unspecified atom stereocenters. The van der Waals surface area contributed by atoms with Gasteiger partial charge in [-0.1, -0.05) is 32.0 Å². The van der Waals surface area contributed by atoms with E-state index in [1.54, 1.807) is 18.2 Å². The normalized spacial score (nSPS) is 20.8. The third kappa shape index (κ3) is 4.26. The Bertz CT molecular complexity index is 548. The predicted octanol–water partition coefficient (Wildman–Crippen LogP) is 1.68. The van der Waals surface area contributed by atoms with E-state index >= 15 is 0 Å². The molecule has 1 aromatic carbocycles. The van der Waals surface area contributed by atoms with Crippen LogP contribution in [-0.2, 0) is 11.3 Å². The monoisotopic (exact) mass is 301 g/mol. The molecule has 2 rings (SSSR count). The maximum absolute atomic E-state index is 12.1. The molecule has 0 aromatic heterocycles. The Labute approximate surface area is 145 Å². The number of rotatable bonds is 3. The van der Waals surface area contributed by atoms with Gasteiger partial charge in [-0.15, -0.1) is 0 Å². The van der Waals surface area contributed by atoms with E-state index < -0.39 is 11.2 Å². The number of carbonyl (C=O) groups is 1. The van der Waals surface area contributed by atoms with Crippen molar-refractivity contribution < 1.29 is 14.8 Å². The van der Waals surface area contributed by atoms with Gasteiger partial charge in [-0.3, -0.25) is 14.9 Å². The molecule has 1 fully saturated rings. The van der Waals surface area contributed by atoms with Gasteiger partial charge in [0.25, 0.3) is 5.69 Å². The second-order valence-corrected chi connectivity index (χ2v) is 5.93. The Hall–Kier alpha value is -0.950. The molecule has 1 N–H and O–H groups in total. The van der Waals surface area contributed by atoms with Gasteiger partial charge in [-0.25, -0.2) is 0 Å². The van der Waals surface area contributed by atoms with Crippen molar-refractivity contribution in [1.82, 2.24) is 4.90 Å². The molecule has 0 bridgehead atoms. The molecule has 0 spiro atoms. The average Bonchev–Trinajstić information content (AvgIpc) is 2.33. The van der Waals surface area contributed by atoms with Gasteiger partial charge >= 0.3 is 0 Å². The summed E-state index contributed by atoms with van der Waals surface area (Å²) in [7, 11) is 0. The van der Waals surface area contributed by atoms with Gasteiger partial charge in [0.1, 0.15) is 6.23 Å². The van der Waals surface area contributed by atoms with Crippen LogP contribution in [0.1, 0.15) is 32.3 Å². The van der Waals surface area contributed by atoms with Crippen molar-refractivity contribution in [2.75, 3.05) is 0 Å². The summed E-state index contributed by atoms with van der Waals surface area (Å²) < 4.78 is 0. The van der Waals surface area contributed by atoms with E-state index in [0.29, 0.717) is 18.4 Å². The number of carbonyl (C=O) groups excluding carboxylic acids is 1. The summed E-state index contributed by atoms with van der Waals surface area (Å²) in [5.41, 5.74) is 0.164. The smallest absolute Gasteiger partial charge is 0.274 e. The first-order valence-electron chi connectivity index (χ1n) is 6.50. The average molecular weight is 301 g/mol. The molecule has 1 atom stereocenters. The molecule has 1 radical (unpaired) electrons. The van der Waals surface area contributed by atoms with Crippen LogP contribution in [0.3, 0.4) is 0 Å². The van der Waals surface area contributed by atoms with Crippen LogP contribution in [-0.4, -0.2) is 56.6 Å². The number of hydrogen-bond acceptors (Lipinski definition) is 4. The Balaban J connectivity index is 0.00000220. The minimum Gasteiger partial charge on any atom is -0.373 e. The summed E-state index contributed by atoms with van der Waals surface area (Å²) in [4.78, 5) is 23.9. The van der Waals surface area contributed by atoms with Gasteiger partial charge < -0.3 is 10.0 Å². The van der Waals surface area contributed by atoms with Crippen LogP contribution in [0.4, 0.5) is 5.69 Å². The molecule has 7 heteroatoms. The number of likely N-dealkylation sites (tertiary alicyclic amines) is 1. The molecule has 1 heterocycles. The summed E-state index contributed by atoms with van der Waals surface area (Å²) in [5.74, 6) is -0.174. The molecule has 1 aliphatic heterocycles. The van der Waals surface area contributed by atoms with E-state index in [1.807, 2.05) is 13.8 Å². The zero-order valence-electron chi connectivity index (χ0n) is 12.6. The van der Waals surface area contributed by atoms with E-state index in [-0.39, 0.29) is 53.1 Å². The maximum Gasteiger partial charge on any atom is 0.274 e. The van der Waals surface area contributed by atoms with Crippen LogP contribution >= 0.6 is 0 Å². The Morgan fingerprint density at radius 3 is 2.62 bits per heavy atom. The van der Waals surface area contributed by atoms with E-state index in [2.05, 4.69) is 0 Å². The quantitative estimate of drug-likeness (QED) is 0.523. The summed E-state index contributed by atoms with van der Waals surface area (Å²) in [5, 5.41) is 21.1. The molecule has 1 saturated heterocycles. The van der Waals surface area contributed by atoms with Crippen molar-refractivity contribution >= 4 is 41.2 Å². The Morgan fingerprint density at radius 2 is 2.05 bits per heavy atom. The first-order valence-corrected chi connectivity index (χ1v) is 6.50. The summed E-state index contributed by atoms with van der Waals surface area (Å²) in [6, 6.07) is 6.28. The minimum absolute atomic E-state index is 0. The molecule has 1 aliphatic rings. The molecule has 1 amide bonds. The number of benzene rings is 1. The Morgan fingerprint density at radius 1 is 1.43 bits per heavy atom. The largest absolute Gasteiger partial charge is 0.373 e. The number of aliphatic hydroxyl groups excluding tert-OH is 1. The first-order chi connectivity index (χ1) is 9.30. The van der Waals surface area contributed by atoms with Crippen molar-refractivity contribution in [2.45, 2.75) is 39.5 Å². The molecular formula is C14H18N2NaO4. The zero-order valence-corrected chi connectivity index (χ0v) is 14.6. The second-order valence-electron chi connectivity index (χ2n) is 5.93. The van der Waals surface area contributed by atoms with Gasteiger partial charge in [0.15, 0.2) is 0 Å². The van der Waals surface area contributed by atoms with Crippen LogP contribution in [0, 0.1) is 15.5 Å². The van der Waals surface area contributed by atoms with Crippen molar-refractivity contribution in [3.8, 4) is 0 Å². The molecule has 6 nitrogen and oxygen atoms in total. The number of piperidine rings is 1. The number of nitrogens with zero attached hydrogens (tertiary/aromatic N) is 2. The molecule has 0 saturated carbocycles. The molecule has 21 heavy (non-hydrogen) atoms. The third-order valence-electron chi connectivity index (χ3n) is 3.57. The van der Waals surface area contributed by atoms with Crippen LogP contribution in [0.2, 0.25) is 0 Å². The fraction of sp³-hybridized carbons (Fsp3) is 0.500. The van der Waals surface area contributed by atoms with Crippen molar-refractivity contribution in [3.63, 3.8) is 0 Å². The zero-order chi connectivity index (χ0) is 14.9. The number of para-hydroxylation sites is 1. The van der Waals surface area contributed by atoms with Gasteiger partial charge in [-0.2, -0.15) is 0 Å². The fourth-order valence-electron chi connectivity index (χ4n) is 2.55. The van der Waals surface area contributed by atoms with E-state index in [4.69, 9.17) is 0 Å². The standard InChI is InChI=1S/C14H18N2O4.Na/c1-14(2)7-12(17)15(13(18)8-14)9-10-5-3-4-6-11(10)16(19)20;/h3-6,12,17H,7-9H2,1-2H3;. The van der Waals surface area contributed by atoms with Crippen LogP contribution in [0.5, 0.6) is 0 Å². The Kier molecular flexibility index (Phi) is 5.92. The van der Waals surface area contributed by atoms with E-state index in [0.717, 1.165) is 0 Å². The summed E-state index contributed by atoms with van der Waals surface area (Å²) in [6.07, 6.45) is -0.0876. The fourth-order valence-corrected chi connectivity index (χ4v) is 2.55. The SMILES string of the molecule is CC1(C)CC(=O)N(Cc2ccccc2[N+](=O)[O-])C(O)C1.[Na]. The van der Waals surface area contributed by atoms with Gasteiger partial charge in [0, 0.05) is 47.6 Å². The van der Waals surface area contributed by atoms with Gasteiger partial charge in [0.05, 0.1) is 11.5 Å². The summed E-state index contributed by atoms with van der Waals surface area (Å²) >= 11 is 0. The molecule has 0 aliphatic carbocycles. The summed E-state index contributed by atoms with van der Waals surface area (Å²) in [6.45, 7) is 3.92. The number of aliphatic hydroxyl groups is 1. The van der Waals surface area contributed by atoms with Crippen molar-refractivity contribution in [1.29, 1.82) is 0 Å². The maximum atomic E-state index is 12.1. The topological polar surface area (TPSA) is 83.7 Å². The van der Waals surface area contributed by atoms with E-state index in [1.165, 1.54) is 11.0 Å². The molecule has 109 valence electrons. The van der Waals surface area contributed by atoms with Crippen LogP contribution < -0.4 is 0 Å². The molecule has 1 aromatic rings. The number of hydrogen-bond donors (Lipinski definition) is 1.